The highest BCUT2D eigenvalue weighted by Crippen LogP contribution is 2.37. The summed E-state index contributed by atoms with van der Waals surface area (Å²) < 4.78 is 1.75. The summed E-state index contributed by atoms with van der Waals surface area (Å²) in [6, 6.07) is 0. The van der Waals surface area contributed by atoms with Gasteiger partial charge in [-0.2, -0.15) is 5.10 Å². The Hall–Kier alpha value is -1.03. The topological polar surface area (TPSA) is 55.1 Å². The minimum Gasteiger partial charge on any atom is -0.481 e. The average Bonchev–Trinajstić information content (AvgIpc) is 2.66. The van der Waals surface area contributed by atoms with Crippen molar-refractivity contribution in [1.29, 1.82) is 0 Å². The number of aliphatic carboxylic acids is 1. The third-order valence-electron chi connectivity index (χ3n) is 3.30. The van der Waals surface area contributed by atoms with E-state index >= 15 is 0 Å². The summed E-state index contributed by atoms with van der Waals surface area (Å²) in [6.45, 7) is 0. The van der Waals surface area contributed by atoms with Crippen molar-refractivity contribution in [3.8, 4) is 0 Å². The Bertz CT molecular complexity index is 383. The SMILES string of the molecule is O=C(O)CC1(n2cc(Cl)cn2)CCCCC1. The lowest BCUT2D eigenvalue weighted by Crippen LogP contribution is -2.38. The van der Waals surface area contributed by atoms with Gasteiger partial charge in [-0.15, -0.1) is 0 Å². The Kier molecular flexibility index (Phi) is 3.19. The predicted molar refractivity (Wildman–Crippen MR) is 60.5 cm³/mol. The quantitative estimate of drug-likeness (QED) is 0.887. The molecule has 1 aliphatic carbocycles. The van der Waals surface area contributed by atoms with Crippen LogP contribution in [0, 0.1) is 0 Å². The summed E-state index contributed by atoms with van der Waals surface area (Å²) in [5, 5.41) is 13.8. The lowest BCUT2D eigenvalue weighted by molar-refractivity contribution is -0.140. The molecule has 0 atom stereocenters. The number of carboxylic acids is 1. The molecule has 1 saturated carbocycles. The standard InChI is InChI=1S/C11H15ClN2O2/c12-9-7-13-14(8-9)11(6-10(15)16)4-2-1-3-5-11/h7-8H,1-6H2,(H,15,16). The maximum Gasteiger partial charge on any atom is 0.305 e. The van der Waals surface area contributed by atoms with Crippen LogP contribution < -0.4 is 0 Å². The first-order valence-corrected chi connectivity index (χ1v) is 5.93. The number of rotatable bonds is 3. The molecule has 0 aromatic carbocycles. The van der Waals surface area contributed by atoms with Gasteiger partial charge in [0.1, 0.15) is 0 Å². The molecule has 1 heterocycles. The van der Waals surface area contributed by atoms with E-state index in [4.69, 9.17) is 16.7 Å². The van der Waals surface area contributed by atoms with E-state index in [9.17, 15) is 4.79 Å². The number of hydrogen-bond acceptors (Lipinski definition) is 2. The molecular formula is C11H15ClN2O2. The highest BCUT2D eigenvalue weighted by molar-refractivity contribution is 6.30. The van der Waals surface area contributed by atoms with Crippen LogP contribution in [-0.2, 0) is 10.3 Å². The average molecular weight is 243 g/mol. The van der Waals surface area contributed by atoms with Gasteiger partial charge in [0.2, 0.25) is 0 Å². The van der Waals surface area contributed by atoms with Crippen LogP contribution in [0.2, 0.25) is 5.02 Å². The molecule has 5 heteroatoms. The van der Waals surface area contributed by atoms with Gasteiger partial charge in [-0.25, -0.2) is 0 Å². The van der Waals surface area contributed by atoms with E-state index in [2.05, 4.69) is 5.10 Å². The zero-order valence-electron chi connectivity index (χ0n) is 9.03. The van der Waals surface area contributed by atoms with Crippen LogP contribution in [-0.4, -0.2) is 20.9 Å². The molecule has 1 aromatic heterocycles. The number of carboxylic acid groups (broad SMARTS) is 1. The van der Waals surface area contributed by atoms with E-state index in [0.29, 0.717) is 5.02 Å². The lowest BCUT2D eigenvalue weighted by Gasteiger charge is -2.36. The molecule has 1 aliphatic rings. The zero-order valence-corrected chi connectivity index (χ0v) is 9.78. The zero-order chi connectivity index (χ0) is 11.6. The van der Waals surface area contributed by atoms with Crippen molar-refractivity contribution < 1.29 is 9.90 Å². The second kappa shape index (κ2) is 4.45. The van der Waals surface area contributed by atoms with Crippen LogP contribution in [0.15, 0.2) is 12.4 Å². The fourth-order valence-electron chi connectivity index (χ4n) is 2.54. The first-order chi connectivity index (χ1) is 7.62. The highest BCUT2D eigenvalue weighted by Gasteiger charge is 2.36. The van der Waals surface area contributed by atoms with Gasteiger partial charge in [-0.05, 0) is 12.8 Å². The van der Waals surface area contributed by atoms with Crippen molar-refractivity contribution in [2.75, 3.05) is 0 Å². The molecule has 0 radical (unpaired) electrons. The van der Waals surface area contributed by atoms with Crippen molar-refractivity contribution in [3.63, 3.8) is 0 Å². The van der Waals surface area contributed by atoms with E-state index in [0.717, 1.165) is 25.7 Å². The molecule has 0 bridgehead atoms. The van der Waals surface area contributed by atoms with Crippen LogP contribution in [0.5, 0.6) is 0 Å². The lowest BCUT2D eigenvalue weighted by atomic mass is 9.79. The Balaban J connectivity index is 2.29. The van der Waals surface area contributed by atoms with E-state index in [1.807, 2.05) is 0 Å². The summed E-state index contributed by atoms with van der Waals surface area (Å²) in [7, 11) is 0. The Morgan fingerprint density at radius 2 is 2.19 bits per heavy atom. The monoisotopic (exact) mass is 242 g/mol. The van der Waals surface area contributed by atoms with Crippen LogP contribution >= 0.6 is 11.6 Å². The molecule has 4 nitrogen and oxygen atoms in total. The van der Waals surface area contributed by atoms with Crippen molar-refractivity contribution in [2.24, 2.45) is 0 Å². The fourth-order valence-corrected chi connectivity index (χ4v) is 2.67. The van der Waals surface area contributed by atoms with Crippen molar-refractivity contribution >= 4 is 17.6 Å². The number of hydrogen-bond donors (Lipinski definition) is 1. The Morgan fingerprint density at radius 3 is 2.69 bits per heavy atom. The van der Waals surface area contributed by atoms with Crippen LogP contribution in [0.3, 0.4) is 0 Å². The molecule has 1 N–H and O–H groups in total. The summed E-state index contributed by atoms with van der Waals surface area (Å²) >= 11 is 5.85. The minimum atomic E-state index is -0.770. The van der Waals surface area contributed by atoms with Gasteiger partial charge in [-0.1, -0.05) is 30.9 Å². The van der Waals surface area contributed by atoms with Gasteiger partial charge in [0.05, 0.1) is 23.2 Å². The van der Waals surface area contributed by atoms with Crippen LogP contribution in [0.4, 0.5) is 0 Å². The molecule has 0 aliphatic heterocycles. The fraction of sp³-hybridized carbons (Fsp3) is 0.636. The van der Waals surface area contributed by atoms with Crippen LogP contribution in [0.1, 0.15) is 38.5 Å². The molecule has 1 aromatic rings. The second-order valence-electron chi connectivity index (χ2n) is 4.46. The summed E-state index contributed by atoms with van der Waals surface area (Å²) in [5.41, 5.74) is -0.364. The maximum absolute atomic E-state index is 11.0. The molecule has 0 spiro atoms. The highest BCUT2D eigenvalue weighted by atomic mass is 35.5. The first-order valence-electron chi connectivity index (χ1n) is 5.55. The molecular weight excluding hydrogens is 228 g/mol. The third-order valence-corrected chi connectivity index (χ3v) is 3.50. The minimum absolute atomic E-state index is 0.130. The Labute approximate surface area is 99.2 Å². The van der Waals surface area contributed by atoms with E-state index in [1.54, 1.807) is 17.1 Å². The number of aromatic nitrogens is 2. The van der Waals surface area contributed by atoms with Crippen molar-refractivity contribution in [1.82, 2.24) is 9.78 Å². The Morgan fingerprint density at radius 1 is 1.50 bits per heavy atom. The largest absolute Gasteiger partial charge is 0.481 e. The first kappa shape index (κ1) is 11.5. The second-order valence-corrected chi connectivity index (χ2v) is 4.90. The molecule has 1 fully saturated rings. The maximum atomic E-state index is 11.0. The van der Waals surface area contributed by atoms with Gasteiger partial charge >= 0.3 is 5.97 Å². The van der Waals surface area contributed by atoms with Gasteiger partial charge in [0.15, 0.2) is 0 Å². The van der Waals surface area contributed by atoms with Gasteiger partial charge in [-0.3, -0.25) is 9.48 Å². The summed E-state index contributed by atoms with van der Waals surface area (Å²) in [6.07, 6.45) is 8.47. The molecule has 0 unspecified atom stereocenters. The van der Waals surface area contributed by atoms with E-state index < -0.39 is 5.97 Å². The van der Waals surface area contributed by atoms with Gasteiger partial charge < -0.3 is 5.11 Å². The van der Waals surface area contributed by atoms with E-state index in [-0.39, 0.29) is 12.0 Å². The van der Waals surface area contributed by atoms with Crippen LogP contribution in [0.25, 0.3) is 0 Å². The summed E-state index contributed by atoms with van der Waals surface area (Å²) in [5.74, 6) is -0.770. The smallest absolute Gasteiger partial charge is 0.305 e. The molecule has 16 heavy (non-hydrogen) atoms. The summed E-state index contributed by atoms with van der Waals surface area (Å²) in [4.78, 5) is 11.0. The van der Waals surface area contributed by atoms with Crippen molar-refractivity contribution in [2.45, 2.75) is 44.1 Å². The predicted octanol–water partition coefficient (Wildman–Crippen LogP) is 2.67. The molecule has 0 amide bonds. The molecule has 2 rings (SSSR count). The number of halogens is 1. The van der Waals surface area contributed by atoms with Gasteiger partial charge in [0, 0.05) is 6.20 Å². The normalized spacial score (nSPS) is 19.6. The van der Waals surface area contributed by atoms with E-state index in [1.165, 1.54) is 6.42 Å². The third kappa shape index (κ3) is 2.21. The van der Waals surface area contributed by atoms with Crippen molar-refractivity contribution in [3.05, 3.63) is 17.4 Å². The van der Waals surface area contributed by atoms with Gasteiger partial charge in [0.25, 0.3) is 0 Å². The molecule has 88 valence electrons. The number of carbonyl (C=O) groups is 1. The molecule has 0 saturated heterocycles. The number of nitrogens with zero attached hydrogens (tertiary/aromatic N) is 2.